The number of anilines is 1. The molecule has 2 aromatic carbocycles. The zero-order valence-corrected chi connectivity index (χ0v) is 26.3. The van der Waals surface area contributed by atoms with Crippen LogP contribution in [-0.2, 0) is 19.1 Å². The number of carbonyl (C=O) groups excluding carboxylic acids is 4. The van der Waals surface area contributed by atoms with Crippen LogP contribution in [0.4, 0.5) is 10.5 Å². The molecule has 0 heterocycles. The molecule has 0 radical (unpaired) electrons. The number of nitrogens with zero attached hydrogens (tertiary/aromatic N) is 1. The number of rotatable bonds is 14. The second-order valence-electron chi connectivity index (χ2n) is 11.5. The number of ether oxygens (including phenoxy) is 1. The Hall–Kier alpha value is -3.59. The first-order chi connectivity index (χ1) is 19.7. The topological polar surface area (TPSA) is 131 Å². The normalized spacial score (nSPS) is 12.6. The van der Waals surface area contributed by atoms with Gasteiger partial charge in [-0.3, -0.25) is 14.4 Å². The Bertz CT molecular complexity index is 1210. The Balaban J connectivity index is 2.58. The molecule has 2 unspecified atom stereocenters. The number of unbranched alkanes of at least 4 members (excludes halogenated alkanes) is 3. The molecule has 2 rings (SSSR count). The average Bonchev–Trinajstić information content (AvgIpc) is 2.89. The molecule has 0 saturated carbocycles. The van der Waals surface area contributed by atoms with Crippen LogP contribution in [0.1, 0.15) is 89.0 Å². The van der Waals surface area contributed by atoms with Gasteiger partial charge in [0, 0.05) is 13.0 Å². The fourth-order valence-corrected chi connectivity index (χ4v) is 4.74. The van der Waals surface area contributed by atoms with Crippen LogP contribution in [0.2, 0.25) is 5.02 Å². The van der Waals surface area contributed by atoms with E-state index < -0.39 is 41.5 Å². The summed E-state index contributed by atoms with van der Waals surface area (Å²) in [4.78, 5) is 54.3. The first-order valence-electron chi connectivity index (χ1n) is 14.4. The van der Waals surface area contributed by atoms with Crippen molar-refractivity contribution in [3.63, 3.8) is 0 Å². The second kappa shape index (κ2) is 16.2. The summed E-state index contributed by atoms with van der Waals surface area (Å²) in [5.41, 5.74) is 7.41. The fourth-order valence-electron chi connectivity index (χ4n) is 4.47. The molecular formula is C32H45ClN4O5. The van der Waals surface area contributed by atoms with E-state index in [0.717, 1.165) is 30.4 Å². The lowest BCUT2D eigenvalue weighted by atomic mass is 9.99. The van der Waals surface area contributed by atoms with Crippen LogP contribution in [-0.4, -0.2) is 46.9 Å². The number of primary amides is 1. The lowest BCUT2D eigenvalue weighted by Crippen LogP contribution is -2.52. The Labute approximate surface area is 254 Å². The van der Waals surface area contributed by atoms with Gasteiger partial charge in [-0.1, -0.05) is 79.7 Å². The summed E-state index contributed by atoms with van der Waals surface area (Å²) in [5, 5.41) is 5.93. The van der Waals surface area contributed by atoms with Gasteiger partial charge in [-0.25, -0.2) is 4.79 Å². The van der Waals surface area contributed by atoms with Gasteiger partial charge in [-0.05, 0) is 64.7 Å². The summed E-state index contributed by atoms with van der Waals surface area (Å²) in [6, 6.07) is 10.5. The van der Waals surface area contributed by atoms with Crippen LogP contribution in [0.3, 0.4) is 0 Å². The van der Waals surface area contributed by atoms with Gasteiger partial charge in [-0.15, -0.1) is 0 Å². The summed E-state index contributed by atoms with van der Waals surface area (Å²) >= 11 is 6.44. The minimum atomic E-state index is -1.15. The number of benzene rings is 2. The molecule has 0 spiro atoms. The molecule has 42 heavy (non-hydrogen) atoms. The highest BCUT2D eigenvalue weighted by molar-refractivity contribution is 6.34. The Morgan fingerprint density at radius 2 is 1.67 bits per heavy atom. The third-order valence-corrected chi connectivity index (χ3v) is 6.94. The SMILES string of the molecule is CCCCCCN(C(=O)C(CCC(N)=O)NC(=O)OC(C)(C)C)C(C(=O)Nc1c(C)cccc1Cl)c1ccc(C)cc1. The van der Waals surface area contributed by atoms with Gasteiger partial charge in [-0.2, -0.15) is 0 Å². The fraction of sp³-hybridized carbons (Fsp3) is 0.500. The maximum atomic E-state index is 14.3. The van der Waals surface area contributed by atoms with Gasteiger partial charge in [0.1, 0.15) is 17.7 Å². The number of para-hydroxylation sites is 1. The van der Waals surface area contributed by atoms with Crippen LogP contribution in [0.25, 0.3) is 0 Å². The zero-order chi connectivity index (χ0) is 31.4. The highest BCUT2D eigenvalue weighted by atomic mass is 35.5. The molecule has 2 aromatic rings. The number of halogens is 1. The minimum Gasteiger partial charge on any atom is -0.444 e. The van der Waals surface area contributed by atoms with Gasteiger partial charge in [0.2, 0.25) is 11.8 Å². The Kier molecular flexibility index (Phi) is 13.3. The van der Waals surface area contributed by atoms with Crippen molar-refractivity contribution >= 4 is 41.1 Å². The molecule has 0 aromatic heterocycles. The smallest absolute Gasteiger partial charge is 0.408 e. The standard InChI is InChI=1S/C32H45ClN4O5/c1-7-8-9-10-20-37(30(40)25(18-19-26(34)38)35-31(41)42-32(4,5)6)28(23-16-14-21(2)15-17-23)29(39)36-27-22(3)12-11-13-24(27)33/h11-17,25,28H,7-10,18-20H2,1-6H3,(H2,34,38)(H,35,41)(H,36,39). The van der Waals surface area contributed by atoms with Gasteiger partial charge < -0.3 is 26.0 Å². The zero-order valence-electron chi connectivity index (χ0n) is 25.6. The van der Waals surface area contributed by atoms with Crippen LogP contribution >= 0.6 is 11.6 Å². The quantitative estimate of drug-likeness (QED) is 0.222. The van der Waals surface area contributed by atoms with E-state index in [1.165, 1.54) is 4.90 Å². The Morgan fingerprint density at radius 1 is 1.00 bits per heavy atom. The van der Waals surface area contributed by atoms with Crippen LogP contribution in [0.15, 0.2) is 42.5 Å². The predicted octanol–water partition coefficient (Wildman–Crippen LogP) is 6.20. The van der Waals surface area contributed by atoms with Crippen LogP contribution in [0, 0.1) is 13.8 Å². The van der Waals surface area contributed by atoms with Crippen molar-refractivity contribution in [1.29, 1.82) is 0 Å². The van der Waals surface area contributed by atoms with Crippen LogP contribution in [0.5, 0.6) is 0 Å². The monoisotopic (exact) mass is 600 g/mol. The molecule has 0 bridgehead atoms. The molecule has 0 aliphatic heterocycles. The van der Waals surface area contributed by atoms with E-state index in [0.29, 0.717) is 22.7 Å². The molecular weight excluding hydrogens is 556 g/mol. The number of hydrogen-bond donors (Lipinski definition) is 3. The molecule has 4 amide bonds. The molecule has 0 saturated heterocycles. The summed E-state index contributed by atoms with van der Waals surface area (Å²) in [7, 11) is 0. The van der Waals surface area contributed by atoms with E-state index >= 15 is 0 Å². The van der Waals surface area contributed by atoms with Crippen molar-refractivity contribution in [1.82, 2.24) is 10.2 Å². The number of aryl methyl sites for hydroxylation is 2. The molecule has 0 aliphatic carbocycles. The van der Waals surface area contributed by atoms with Gasteiger partial charge in [0.15, 0.2) is 0 Å². The summed E-state index contributed by atoms with van der Waals surface area (Å²) in [6.07, 6.45) is 2.43. The van der Waals surface area contributed by atoms with E-state index in [4.69, 9.17) is 22.1 Å². The van der Waals surface area contributed by atoms with Crippen LogP contribution < -0.4 is 16.4 Å². The van der Waals surface area contributed by atoms with Crippen molar-refractivity contribution in [2.45, 2.75) is 97.8 Å². The third kappa shape index (κ3) is 11.0. The lowest BCUT2D eigenvalue weighted by Gasteiger charge is -2.35. The highest BCUT2D eigenvalue weighted by Gasteiger charge is 2.36. The first-order valence-corrected chi connectivity index (χ1v) is 14.8. The molecule has 230 valence electrons. The molecule has 9 nitrogen and oxygen atoms in total. The summed E-state index contributed by atoms with van der Waals surface area (Å²) < 4.78 is 5.40. The molecule has 0 fully saturated rings. The number of alkyl carbamates (subject to hydrolysis) is 1. The van der Waals surface area contributed by atoms with E-state index in [2.05, 4.69) is 17.6 Å². The van der Waals surface area contributed by atoms with E-state index in [9.17, 15) is 19.2 Å². The lowest BCUT2D eigenvalue weighted by molar-refractivity contribution is -0.141. The number of carbonyl (C=O) groups is 4. The largest absolute Gasteiger partial charge is 0.444 e. The van der Waals surface area contributed by atoms with Crippen molar-refractivity contribution in [2.75, 3.05) is 11.9 Å². The minimum absolute atomic E-state index is 0.0509. The molecule has 10 heteroatoms. The number of nitrogens with one attached hydrogen (secondary N) is 2. The van der Waals surface area contributed by atoms with Gasteiger partial charge >= 0.3 is 6.09 Å². The van der Waals surface area contributed by atoms with Gasteiger partial charge in [0.25, 0.3) is 5.91 Å². The molecule has 0 aliphatic rings. The summed E-state index contributed by atoms with van der Waals surface area (Å²) in [6.45, 7) is 11.2. The average molecular weight is 601 g/mol. The van der Waals surface area contributed by atoms with E-state index in [-0.39, 0.29) is 19.4 Å². The third-order valence-electron chi connectivity index (χ3n) is 6.63. The summed E-state index contributed by atoms with van der Waals surface area (Å²) in [5.74, 6) is -1.59. The highest BCUT2D eigenvalue weighted by Crippen LogP contribution is 2.30. The van der Waals surface area contributed by atoms with E-state index in [1.807, 2.05) is 44.2 Å². The van der Waals surface area contributed by atoms with E-state index in [1.54, 1.807) is 32.9 Å². The number of hydrogen-bond acceptors (Lipinski definition) is 5. The molecule has 4 N–H and O–H groups in total. The van der Waals surface area contributed by atoms with Crippen molar-refractivity contribution in [3.8, 4) is 0 Å². The van der Waals surface area contributed by atoms with Crippen molar-refractivity contribution in [2.24, 2.45) is 5.73 Å². The number of nitrogens with two attached hydrogens (primary N) is 1. The molecule has 2 atom stereocenters. The maximum absolute atomic E-state index is 14.3. The van der Waals surface area contributed by atoms with Crippen molar-refractivity contribution in [3.05, 3.63) is 64.2 Å². The predicted molar refractivity (Wildman–Crippen MR) is 166 cm³/mol. The number of amides is 4. The second-order valence-corrected chi connectivity index (χ2v) is 11.9. The first kappa shape index (κ1) is 34.6. The van der Waals surface area contributed by atoms with Gasteiger partial charge in [0.05, 0.1) is 10.7 Å². The Morgan fingerprint density at radius 3 is 2.24 bits per heavy atom. The van der Waals surface area contributed by atoms with Crippen molar-refractivity contribution < 1.29 is 23.9 Å². The maximum Gasteiger partial charge on any atom is 0.408 e.